The van der Waals surface area contributed by atoms with E-state index in [1.165, 1.54) is 7.11 Å². The van der Waals surface area contributed by atoms with Crippen molar-refractivity contribution >= 4 is 11.9 Å². The van der Waals surface area contributed by atoms with Gasteiger partial charge in [-0.25, -0.2) is 9.59 Å². The molecule has 1 fully saturated rings. The summed E-state index contributed by atoms with van der Waals surface area (Å²) in [5.74, 6) is -1.26. The highest BCUT2D eigenvalue weighted by atomic mass is 16.7. The molecule has 0 spiro atoms. The Balaban J connectivity index is 1.87. The van der Waals surface area contributed by atoms with E-state index < -0.39 is 42.6 Å². The standard InChI is InChI=1S/C21H23NO7/c1-13-16(22-25)17(28-19(23)14-9-5-3-6-10-14)18(21(26-2)27-13)29-20(24)15-11-7-4-8-12-15/h3-13,16-18,21-22,25H,1-2H3/t13-,16-,17+,18-,21-/m1/s1. The van der Waals surface area contributed by atoms with Crippen LogP contribution in [0, 0.1) is 0 Å². The second-order valence-electron chi connectivity index (χ2n) is 6.57. The Labute approximate surface area is 168 Å². The monoisotopic (exact) mass is 401 g/mol. The predicted octanol–water partition coefficient (Wildman–Crippen LogP) is 2.18. The normalized spacial score (nSPS) is 26.5. The van der Waals surface area contributed by atoms with Gasteiger partial charge in [0, 0.05) is 7.11 Å². The van der Waals surface area contributed by atoms with E-state index in [-0.39, 0.29) is 0 Å². The zero-order valence-electron chi connectivity index (χ0n) is 16.1. The highest BCUT2D eigenvalue weighted by molar-refractivity contribution is 5.90. The van der Waals surface area contributed by atoms with Gasteiger partial charge in [0.1, 0.15) is 0 Å². The fourth-order valence-electron chi connectivity index (χ4n) is 3.16. The van der Waals surface area contributed by atoms with Gasteiger partial charge in [-0.05, 0) is 31.2 Å². The van der Waals surface area contributed by atoms with E-state index >= 15 is 0 Å². The Morgan fingerprint density at radius 3 is 1.83 bits per heavy atom. The topological polar surface area (TPSA) is 103 Å². The van der Waals surface area contributed by atoms with Crippen molar-refractivity contribution in [2.45, 2.75) is 37.6 Å². The maximum absolute atomic E-state index is 12.6. The third-order valence-electron chi connectivity index (χ3n) is 4.69. The summed E-state index contributed by atoms with van der Waals surface area (Å²) in [5.41, 5.74) is 2.75. The van der Waals surface area contributed by atoms with E-state index in [2.05, 4.69) is 5.48 Å². The Morgan fingerprint density at radius 1 is 0.897 bits per heavy atom. The van der Waals surface area contributed by atoms with Crippen LogP contribution in [0.4, 0.5) is 0 Å². The lowest BCUT2D eigenvalue weighted by Gasteiger charge is -2.43. The van der Waals surface area contributed by atoms with Crippen LogP contribution in [0.25, 0.3) is 0 Å². The first-order valence-corrected chi connectivity index (χ1v) is 9.15. The second-order valence-corrected chi connectivity index (χ2v) is 6.57. The number of carbonyl (C=O) groups is 2. The van der Waals surface area contributed by atoms with Crippen molar-refractivity contribution in [1.29, 1.82) is 0 Å². The lowest BCUT2D eigenvalue weighted by Crippen LogP contribution is -2.63. The van der Waals surface area contributed by atoms with Crippen LogP contribution in [-0.2, 0) is 18.9 Å². The molecule has 0 unspecified atom stereocenters. The van der Waals surface area contributed by atoms with Crippen molar-refractivity contribution < 1.29 is 33.7 Å². The third kappa shape index (κ3) is 4.80. The first-order chi connectivity index (χ1) is 14.0. The van der Waals surface area contributed by atoms with E-state index in [0.29, 0.717) is 11.1 Å². The number of nitrogens with one attached hydrogen (secondary N) is 1. The molecule has 0 amide bonds. The quantitative estimate of drug-likeness (QED) is 0.561. The minimum atomic E-state index is -1.11. The summed E-state index contributed by atoms with van der Waals surface area (Å²) in [6.07, 6.45) is -3.75. The molecule has 2 aromatic rings. The smallest absolute Gasteiger partial charge is 0.338 e. The predicted molar refractivity (Wildman–Crippen MR) is 101 cm³/mol. The van der Waals surface area contributed by atoms with Crippen LogP contribution in [0.5, 0.6) is 0 Å². The first-order valence-electron chi connectivity index (χ1n) is 9.15. The molecule has 1 saturated heterocycles. The number of rotatable bonds is 6. The van der Waals surface area contributed by atoms with Gasteiger partial charge in [0.15, 0.2) is 18.5 Å². The number of hydrogen-bond acceptors (Lipinski definition) is 8. The number of carbonyl (C=O) groups excluding carboxylic acids is 2. The zero-order chi connectivity index (χ0) is 20.8. The van der Waals surface area contributed by atoms with Crippen molar-refractivity contribution in [3.8, 4) is 0 Å². The van der Waals surface area contributed by atoms with Crippen molar-refractivity contribution in [2.75, 3.05) is 7.11 Å². The summed E-state index contributed by atoms with van der Waals surface area (Å²) >= 11 is 0. The van der Waals surface area contributed by atoms with Gasteiger partial charge in [-0.15, -0.1) is 0 Å². The molecule has 0 aromatic heterocycles. The number of benzene rings is 2. The molecular weight excluding hydrogens is 378 g/mol. The fourth-order valence-corrected chi connectivity index (χ4v) is 3.16. The average Bonchev–Trinajstić information content (AvgIpc) is 2.76. The zero-order valence-corrected chi connectivity index (χ0v) is 16.1. The van der Waals surface area contributed by atoms with Gasteiger partial charge in [0.25, 0.3) is 0 Å². The fraction of sp³-hybridized carbons (Fsp3) is 0.333. The average molecular weight is 401 g/mol. The Morgan fingerprint density at radius 2 is 1.38 bits per heavy atom. The number of ether oxygens (including phenoxy) is 4. The maximum atomic E-state index is 12.6. The molecule has 2 N–H and O–H groups in total. The molecule has 29 heavy (non-hydrogen) atoms. The summed E-state index contributed by atoms with van der Waals surface area (Å²) in [6, 6.07) is 15.9. The SMILES string of the molecule is CO[C@@H]1O[C@H](C)[C@@H](NO)[C@H](OC(=O)c2ccccc2)[C@H]1OC(=O)c1ccccc1. The molecule has 1 aliphatic rings. The number of methoxy groups -OCH3 is 1. The molecule has 154 valence electrons. The largest absolute Gasteiger partial charge is 0.453 e. The van der Waals surface area contributed by atoms with Crippen LogP contribution in [-0.4, -0.2) is 54.9 Å². The Bertz CT molecular complexity index is 814. The van der Waals surface area contributed by atoms with Crippen molar-refractivity contribution in [3.05, 3.63) is 71.8 Å². The van der Waals surface area contributed by atoms with Gasteiger partial charge in [-0.3, -0.25) is 0 Å². The highest BCUT2D eigenvalue weighted by Crippen LogP contribution is 2.28. The van der Waals surface area contributed by atoms with Crippen LogP contribution in [0.2, 0.25) is 0 Å². The van der Waals surface area contributed by atoms with Crippen molar-refractivity contribution in [1.82, 2.24) is 5.48 Å². The van der Waals surface area contributed by atoms with Gasteiger partial charge in [-0.2, -0.15) is 5.48 Å². The van der Waals surface area contributed by atoms with Gasteiger partial charge in [0.2, 0.25) is 0 Å². The lowest BCUT2D eigenvalue weighted by molar-refractivity contribution is -0.270. The van der Waals surface area contributed by atoms with E-state index in [0.717, 1.165) is 0 Å². The molecule has 0 radical (unpaired) electrons. The first kappa shape index (κ1) is 20.9. The minimum Gasteiger partial charge on any atom is -0.453 e. The molecule has 1 aliphatic heterocycles. The van der Waals surface area contributed by atoms with Gasteiger partial charge in [0.05, 0.1) is 23.3 Å². The summed E-state index contributed by atoms with van der Waals surface area (Å²) in [6.45, 7) is 1.68. The summed E-state index contributed by atoms with van der Waals surface area (Å²) in [5, 5.41) is 9.64. The van der Waals surface area contributed by atoms with Crippen LogP contribution in [0.1, 0.15) is 27.6 Å². The van der Waals surface area contributed by atoms with E-state index in [4.69, 9.17) is 18.9 Å². The van der Waals surface area contributed by atoms with Crippen molar-refractivity contribution in [2.24, 2.45) is 0 Å². The Hall–Kier alpha value is -2.78. The summed E-state index contributed by atoms with van der Waals surface area (Å²) < 4.78 is 22.2. The van der Waals surface area contributed by atoms with Crippen LogP contribution >= 0.6 is 0 Å². The second kappa shape index (κ2) is 9.62. The molecule has 1 heterocycles. The molecular formula is C21H23NO7. The Kier molecular flexibility index (Phi) is 6.95. The molecule has 2 aromatic carbocycles. The molecule has 0 bridgehead atoms. The number of esters is 2. The van der Waals surface area contributed by atoms with Gasteiger partial charge < -0.3 is 24.2 Å². The van der Waals surface area contributed by atoms with E-state index in [1.807, 2.05) is 0 Å². The molecule has 3 rings (SSSR count). The van der Waals surface area contributed by atoms with Crippen molar-refractivity contribution in [3.63, 3.8) is 0 Å². The summed E-state index contributed by atoms with van der Waals surface area (Å²) in [7, 11) is 1.39. The van der Waals surface area contributed by atoms with Gasteiger partial charge >= 0.3 is 11.9 Å². The molecule has 0 saturated carbocycles. The molecule has 5 atom stereocenters. The van der Waals surface area contributed by atoms with Crippen LogP contribution in [0.3, 0.4) is 0 Å². The summed E-state index contributed by atoms with van der Waals surface area (Å²) in [4.78, 5) is 25.2. The van der Waals surface area contributed by atoms with Gasteiger partial charge in [-0.1, -0.05) is 36.4 Å². The number of hydroxylamine groups is 1. The maximum Gasteiger partial charge on any atom is 0.338 e. The lowest BCUT2D eigenvalue weighted by atomic mass is 9.97. The third-order valence-corrected chi connectivity index (χ3v) is 4.69. The number of hydrogen-bond donors (Lipinski definition) is 2. The van der Waals surface area contributed by atoms with E-state index in [9.17, 15) is 14.8 Å². The van der Waals surface area contributed by atoms with Crippen LogP contribution < -0.4 is 5.48 Å². The highest BCUT2D eigenvalue weighted by Gasteiger charge is 2.49. The van der Waals surface area contributed by atoms with E-state index in [1.54, 1.807) is 67.6 Å². The minimum absolute atomic E-state index is 0.322. The molecule has 8 nitrogen and oxygen atoms in total. The van der Waals surface area contributed by atoms with Crippen LogP contribution in [0.15, 0.2) is 60.7 Å². The molecule has 8 heteroatoms. The molecule has 0 aliphatic carbocycles.